The van der Waals surface area contributed by atoms with Gasteiger partial charge in [-0.25, -0.2) is 9.67 Å². The average Bonchev–Trinajstić information content (AvgIpc) is 3.24. The molecule has 0 saturated heterocycles. The second-order valence-corrected chi connectivity index (χ2v) is 6.48. The molecule has 0 atom stereocenters. The van der Waals surface area contributed by atoms with Crippen LogP contribution in [0.2, 0.25) is 0 Å². The van der Waals surface area contributed by atoms with Gasteiger partial charge in [-0.15, -0.1) is 0 Å². The lowest BCUT2D eigenvalue weighted by Gasteiger charge is -2.07. The lowest BCUT2D eigenvalue weighted by molar-refractivity contribution is -0.116. The fourth-order valence-electron chi connectivity index (χ4n) is 3.23. The van der Waals surface area contributed by atoms with E-state index in [1.54, 1.807) is 42.1 Å². The number of benzene rings is 1. The summed E-state index contributed by atoms with van der Waals surface area (Å²) in [4.78, 5) is 16.9. The zero-order valence-corrected chi connectivity index (χ0v) is 15.9. The van der Waals surface area contributed by atoms with Crippen LogP contribution in [0.5, 0.6) is 5.75 Å². The third-order valence-electron chi connectivity index (χ3n) is 4.49. The monoisotopic (exact) mass is 376 g/mol. The van der Waals surface area contributed by atoms with Crippen molar-refractivity contribution in [2.24, 2.45) is 7.05 Å². The number of methoxy groups -OCH3 is 1. The molecule has 28 heavy (non-hydrogen) atoms. The summed E-state index contributed by atoms with van der Waals surface area (Å²) in [5, 5.41) is 12.3. The molecule has 4 rings (SSSR count). The Labute approximate surface area is 161 Å². The minimum absolute atomic E-state index is 0.0678. The largest absolute Gasteiger partial charge is 0.497 e. The SMILES string of the molecule is COc1ccc(-c2ccnc3c2c(C)nn3CC(=O)Nc2cnn(C)c2)cc1. The number of hydrogen-bond donors (Lipinski definition) is 1. The lowest BCUT2D eigenvalue weighted by atomic mass is 10.0. The van der Waals surface area contributed by atoms with Gasteiger partial charge in [-0.3, -0.25) is 9.48 Å². The molecule has 3 aromatic heterocycles. The minimum Gasteiger partial charge on any atom is -0.497 e. The Bertz CT molecular complexity index is 1140. The summed E-state index contributed by atoms with van der Waals surface area (Å²) in [6.45, 7) is 1.99. The molecule has 0 unspecified atom stereocenters. The number of carbonyl (C=O) groups excluding carboxylic acids is 1. The van der Waals surface area contributed by atoms with Crippen molar-refractivity contribution < 1.29 is 9.53 Å². The van der Waals surface area contributed by atoms with E-state index in [1.807, 2.05) is 37.3 Å². The van der Waals surface area contributed by atoms with E-state index >= 15 is 0 Å². The van der Waals surface area contributed by atoms with Crippen molar-refractivity contribution in [2.75, 3.05) is 12.4 Å². The van der Waals surface area contributed by atoms with E-state index in [9.17, 15) is 4.79 Å². The van der Waals surface area contributed by atoms with E-state index in [0.29, 0.717) is 11.3 Å². The van der Waals surface area contributed by atoms with Gasteiger partial charge in [-0.1, -0.05) is 12.1 Å². The van der Waals surface area contributed by atoms with Gasteiger partial charge < -0.3 is 10.1 Å². The number of nitrogens with zero attached hydrogens (tertiary/aromatic N) is 5. The molecular formula is C20H20N6O2. The van der Waals surface area contributed by atoms with Crippen molar-refractivity contribution in [1.82, 2.24) is 24.5 Å². The zero-order valence-electron chi connectivity index (χ0n) is 15.9. The van der Waals surface area contributed by atoms with Crippen molar-refractivity contribution in [3.05, 3.63) is 54.6 Å². The average molecular weight is 376 g/mol. The van der Waals surface area contributed by atoms with Crippen LogP contribution in [-0.4, -0.2) is 37.6 Å². The van der Waals surface area contributed by atoms with Crippen LogP contribution < -0.4 is 10.1 Å². The maximum Gasteiger partial charge on any atom is 0.246 e. The summed E-state index contributed by atoms with van der Waals surface area (Å²) in [5.74, 6) is 0.614. The highest BCUT2D eigenvalue weighted by atomic mass is 16.5. The zero-order chi connectivity index (χ0) is 19.7. The Morgan fingerprint density at radius 1 is 1.21 bits per heavy atom. The van der Waals surface area contributed by atoms with Gasteiger partial charge in [0, 0.05) is 24.8 Å². The number of hydrogen-bond acceptors (Lipinski definition) is 5. The first-order valence-electron chi connectivity index (χ1n) is 8.80. The molecule has 142 valence electrons. The number of fused-ring (bicyclic) bond motifs is 1. The molecule has 1 N–H and O–H groups in total. The fourth-order valence-corrected chi connectivity index (χ4v) is 3.23. The quantitative estimate of drug-likeness (QED) is 0.579. The van der Waals surface area contributed by atoms with Crippen LogP contribution in [0, 0.1) is 6.92 Å². The van der Waals surface area contributed by atoms with Crippen LogP contribution in [0.15, 0.2) is 48.9 Å². The second kappa shape index (κ2) is 7.15. The number of aromatic nitrogens is 5. The van der Waals surface area contributed by atoms with E-state index in [-0.39, 0.29) is 12.5 Å². The van der Waals surface area contributed by atoms with Crippen LogP contribution in [0.4, 0.5) is 5.69 Å². The van der Waals surface area contributed by atoms with Gasteiger partial charge in [0.05, 0.1) is 24.7 Å². The molecule has 3 heterocycles. The first-order valence-corrected chi connectivity index (χ1v) is 8.80. The smallest absolute Gasteiger partial charge is 0.246 e. The number of anilines is 1. The molecule has 4 aromatic rings. The van der Waals surface area contributed by atoms with E-state index in [4.69, 9.17) is 4.74 Å². The highest BCUT2D eigenvalue weighted by molar-refractivity contribution is 5.96. The first kappa shape index (κ1) is 17.7. The number of amides is 1. The molecule has 0 spiro atoms. The van der Waals surface area contributed by atoms with Gasteiger partial charge >= 0.3 is 0 Å². The summed E-state index contributed by atoms with van der Waals surface area (Å²) in [7, 11) is 3.44. The minimum atomic E-state index is -0.186. The highest BCUT2D eigenvalue weighted by Gasteiger charge is 2.16. The van der Waals surface area contributed by atoms with Gasteiger partial charge in [0.15, 0.2) is 5.65 Å². The Balaban J connectivity index is 1.66. The molecule has 0 bridgehead atoms. The molecule has 0 aliphatic carbocycles. The van der Waals surface area contributed by atoms with Gasteiger partial charge in [-0.05, 0) is 36.2 Å². The molecule has 0 fully saturated rings. The lowest BCUT2D eigenvalue weighted by Crippen LogP contribution is -2.19. The van der Waals surface area contributed by atoms with Crippen molar-refractivity contribution >= 4 is 22.6 Å². The number of pyridine rings is 1. The Morgan fingerprint density at radius 2 is 2.00 bits per heavy atom. The standard InChI is InChI=1S/C20H20N6O2/c1-13-19-17(14-4-6-16(28-3)7-5-14)8-9-21-20(19)26(24-13)12-18(27)23-15-10-22-25(2)11-15/h4-11H,12H2,1-3H3,(H,23,27). The van der Waals surface area contributed by atoms with Gasteiger partial charge in [-0.2, -0.15) is 10.2 Å². The molecule has 0 radical (unpaired) electrons. The van der Waals surface area contributed by atoms with Gasteiger partial charge in [0.2, 0.25) is 5.91 Å². The number of ether oxygens (including phenoxy) is 1. The molecule has 0 aliphatic rings. The second-order valence-electron chi connectivity index (χ2n) is 6.48. The Morgan fingerprint density at radius 3 is 2.68 bits per heavy atom. The maximum absolute atomic E-state index is 12.4. The van der Waals surface area contributed by atoms with Crippen molar-refractivity contribution in [2.45, 2.75) is 13.5 Å². The normalized spacial score (nSPS) is 11.0. The van der Waals surface area contributed by atoms with Gasteiger partial charge in [0.25, 0.3) is 0 Å². The van der Waals surface area contributed by atoms with E-state index in [1.165, 1.54) is 0 Å². The van der Waals surface area contributed by atoms with Crippen molar-refractivity contribution in [3.63, 3.8) is 0 Å². The van der Waals surface area contributed by atoms with E-state index in [2.05, 4.69) is 20.5 Å². The molecule has 8 heteroatoms. The van der Waals surface area contributed by atoms with E-state index < -0.39 is 0 Å². The van der Waals surface area contributed by atoms with Crippen LogP contribution in [-0.2, 0) is 18.4 Å². The predicted octanol–water partition coefficient (Wildman–Crippen LogP) is 2.79. The Kier molecular flexibility index (Phi) is 4.52. The Hall–Kier alpha value is -3.68. The summed E-state index contributed by atoms with van der Waals surface area (Å²) < 4.78 is 8.49. The fraction of sp³-hybridized carbons (Fsp3) is 0.200. The number of carbonyl (C=O) groups is 1. The third-order valence-corrected chi connectivity index (χ3v) is 4.49. The first-order chi connectivity index (χ1) is 13.5. The molecule has 1 amide bonds. The summed E-state index contributed by atoms with van der Waals surface area (Å²) in [6.07, 6.45) is 5.08. The molecular weight excluding hydrogens is 356 g/mol. The van der Waals surface area contributed by atoms with Crippen LogP contribution in [0.1, 0.15) is 5.69 Å². The van der Waals surface area contributed by atoms with Crippen LogP contribution >= 0.6 is 0 Å². The van der Waals surface area contributed by atoms with Crippen molar-refractivity contribution in [1.29, 1.82) is 0 Å². The van der Waals surface area contributed by atoms with Crippen LogP contribution in [0.25, 0.3) is 22.2 Å². The van der Waals surface area contributed by atoms with Crippen LogP contribution in [0.3, 0.4) is 0 Å². The van der Waals surface area contributed by atoms with E-state index in [0.717, 1.165) is 28.0 Å². The molecule has 0 saturated carbocycles. The third kappa shape index (κ3) is 3.32. The number of rotatable bonds is 5. The number of aryl methyl sites for hydroxylation is 2. The maximum atomic E-state index is 12.4. The molecule has 8 nitrogen and oxygen atoms in total. The molecule has 0 aliphatic heterocycles. The number of nitrogens with one attached hydrogen (secondary N) is 1. The topological polar surface area (TPSA) is 86.9 Å². The summed E-state index contributed by atoms with van der Waals surface area (Å²) >= 11 is 0. The summed E-state index contributed by atoms with van der Waals surface area (Å²) in [6, 6.07) is 9.79. The van der Waals surface area contributed by atoms with Gasteiger partial charge in [0.1, 0.15) is 12.3 Å². The van der Waals surface area contributed by atoms with Crippen molar-refractivity contribution in [3.8, 4) is 16.9 Å². The highest BCUT2D eigenvalue weighted by Crippen LogP contribution is 2.30. The summed E-state index contributed by atoms with van der Waals surface area (Å²) in [5.41, 5.74) is 4.20. The predicted molar refractivity (Wildman–Crippen MR) is 106 cm³/mol. The molecule has 1 aromatic carbocycles.